The van der Waals surface area contributed by atoms with E-state index < -0.39 is 0 Å². The van der Waals surface area contributed by atoms with E-state index in [0.717, 1.165) is 33.9 Å². The molecule has 6 heteroatoms. The van der Waals surface area contributed by atoms with Crippen LogP contribution < -0.4 is 0 Å². The van der Waals surface area contributed by atoms with Crippen LogP contribution in [0, 0.1) is 0 Å². The van der Waals surface area contributed by atoms with Gasteiger partial charge >= 0.3 is 0 Å². The van der Waals surface area contributed by atoms with E-state index >= 15 is 0 Å². The molecule has 0 unspecified atom stereocenters. The van der Waals surface area contributed by atoms with Gasteiger partial charge in [-0.25, -0.2) is 9.97 Å². The number of hydrogen-bond donors (Lipinski definition) is 0. The number of thiophene rings is 2. The summed E-state index contributed by atoms with van der Waals surface area (Å²) < 4.78 is 9.97. The number of para-hydroxylation sites is 1. The third-order valence-electron chi connectivity index (χ3n) is 7.61. The van der Waals surface area contributed by atoms with Gasteiger partial charge in [-0.2, -0.15) is 0 Å². The first-order valence-electron chi connectivity index (χ1n) is 13.2. The number of rotatable bonds is 3. The van der Waals surface area contributed by atoms with Crippen molar-refractivity contribution < 1.29 is 0 Å². The van der Waals surface area contributed by atoms with Crippen molar-refractivity contribution in [2.75, 3.05) is 0 Å². The van der Waals surface area contributed by atoms with E-state index in [0.29, 0.717) is 0 Å². The van der Waals surface area contributed by atoms with E-state index in [9.17, 15) is 0 Å². The number of benzene rings is 4. The highest BCUT2D eigenvalue weighted by Crippen LogP contribution is 2.48. The Bertz CT molecular complexity index is 2280. The fourth-order valence-corrected chi connectivity index (χ4v) is 8.38. The molecule has 0 spiro atoms. The van der Waals surface area contributed by atoms with Crippen molar-refractivity contribution in [2.45, 2.75) is 0 Å². The predicted molar refractivity (Wildman–Crippen MR) is 169 cm³/mol. The minimum atomic E-state index is 0.857. The van der Waals surface area contributed by atoms with Crippen LogP contribution in [0.25, 0.3) is 74.5 Å². The SMILES string of the molecule is c1ccc(-n2c(-c3ccc(-n4c5c6ccccc6sc5c5sc6ccccc6c54)cc3)nc3cccnc32)cc1. The second-order valence-corrected chi connectivity index (χ2v) is 12.0. The third kappa shape index (κ3) is 3.06. The molecule has 0 aliphatic heterocycles. The Morgan fingerprint density at radius 2 is 1.12 bits per heavy atom. The Labute approximate surface area is 237 Å². The Balaban J connectivity index is 1.30. The average molecular weight is 549 g/mol. The lowest BCUT2D eigenvalue weighted by Gasteiger charge is -2.11. The van der Waals surface area contributed by atoms with Gasteiger partial charge in [0.05, 0.1) is 20.4 Å². The summed E-state index contributed by atoms with van der Waals surface area (Å²) in [5.74, 6) is 0.885. The quantitative estimate of drug-likeness (QED) is 0.220. The first kappa shape index (κ1) is 22.1. The molecule has 0 saturated heterocycles. The number of aromatic nitrogens is 4. The molecule has 0 N–H and O–H groups in total. The lowest BCUT2D eigenvalue weighted by atomic mass is 10.1. The third-order valence-corrected chi connectivity index (χ3v) is 10.1. The van der Waals surface area contributed by atoms with E-state index in [1.807, 2.05) is 47.1 Å². The summed E-state index contributed by atoms with van der Waals surface area (Å²) in [5, 5.41) is 2.60. The summed E-state index contributed by atoms with van der Waals surface area (Å²) in [7, 11) is 0. The van der Waals surface area contributed by atoms with Gasteiger partial charge in [-0.1, -0.05) is 54.6 Å². The van der Waals surface area contributed by atoms with Crippen LogP contribution >= 0.6 is 22.7 Å². The van der Waals surface area contributed by atoms with Gasteiger partial charge in [0, 0.05) is 43.3 Å². The fraction of sp³-hybridized carbons (Fsp3) is 0. The van der Waals surface area contributed by atoms with Gasteiger partial charge in [-0.3, -0.25) is 4.57 Å². The second-order valence-electron chi connectivity index (χ2n) is 9.89. The molecule has 0 bridgehead atoms. The van der Waals surface area contributed by atoms with Gasteiger partial charge < -0.3 is 4.57 Å². The minimum Gasteiger partial charge on any atom is -0.306 e. The zero-order valence-corrected chi connectivity index (χ0v) is 22.8. The van der Waals surface area contributed by atoms with E-state index in [-0.39, 0.29) is 0 Å². The number of nitrogens with zero attached hydrogens (tertiary/aromatic N) is 4. The predicted octanol–water partition coefficient (Wildman–Crippen LogP) is 9.61. The Morgan fingerprint density at radius 3 is 1.80 bits per heavy atom. The minimum absolute atomic E-state index is 0.857. The van der Waals surface area contributed by atoms with Crippen LogP contribution in [0.5, 0.6) is 0 Å². The summed E-state index contributed by atoms with van der Waals surface area (Å²) in [6, 6.07) is 40.7. The largest absolute Gasteiger partial charge is 0.306 e. The standard InChI is InChI=1S/C34H20N4S2/c1-2-9-22(10-3-1)38-33(36-26-13-8-20-35-34(26)38)21-16-18-23(19-17-21)37-29-24-11-4-6-14-27(24)39-31(29)32-30(37)25-12-5-7-15-28(25)40-32/h1-20H. The van der Waals surface area contributed by atoms with Gasteiger partial charge in [0.25, 0.3) is 0 Å². The number of imidazole rings is 1. The molecular weight excluding hydrogens is 529 g/mol. The lowest BCUT2D eigenvalue weighted by molar-refractivity contribution is 1.08. The van der Waals surface area contributed by atoms with E-state index in [1.54, 1.807) is 0 Å². The lowest BCUT2D eigenvalue weighted by Crippen LogP contribution is -1.99. The maximum Gasteiger partial charge on any atom is 0.164 e. The smallest absolute Gasteiger partial charge is 0.164 e. The molecule has 4 nitrogen and oxygen atoms in total. The highest BCUT2D eigenvalue weighted by molar-refractivity contribution is 7.33. The van der Waals surface area contributed by atoms with Gasteiger partial charge in [0.15, 0.2) is 5.65 Å². The molecule has 9 aromatic rings. The molecule has 0 fully saturated rings. The number of hydrogen-bond acceptors (Lipinski definition) is 4. The molecule has 40 heavy (non-hydrogen) atoms. The van der Waals surface area contributed by atoms with Gasteiger partial charge in [-0.15, -0.1) is 22.7 Å². The van der Waals surface area contributed by atoms with Crippen molar-refractivity contribution in [1.29, 1.82) is 0 Å². The van der Waals surface area contributed by atoms with Crippen LogP contribution in [-0.4, -0.2) is 19.1 Å². The fourth-order valence-electron chi connectivity index (χ4n) is 5.87. The summed E-state index contributed by atoms with van der Waals surface area (Å²) in [4.78, 5) is 9.69. The molecule has 0 aliphatic rings. The summed E-state index contributed by atoms with van der Waals surface area (Å²) in [5.41, 5.74) is 7.57. The summed E-state index contributed by atoms with van der Waals surface area (Å²) in [6.07, 6.45) is 1.83. The molecule has 9 rings (SSSR count). The van der Waals surface area contributed by atoms with Crippen LogP contribution in [0.4, 0.5) is 0 Å². The normalized spacial score (nSPS) is 12.0. The summed E-state index contributed by atoms with van der Waals surface area (Å²) in [6.45, 7) is 0. The maximum absolute atomic E-state index is 5.01. The molecule has 5 aromatic heterocycles. The highest BCUT2D eigenvalue weighted by Gasteiger charge is 2.22. The molecule has 0 amide bonds. The topological polar surface area (TPSA) is 35.6 Å². The van der Waals surface area contributed by atoms with Crippen molar-refractivity contribution in [3.63, 3.8) is 0 Å². The Morgan fingerprint density at radius 1 is 0.525 bits per heavy atom. The van der Waals surface area contributed by atoms with Crippen molar-refractivity contribution in [2.24, 2.45) is 0 Å². The Hall–Kier alpha value is -4.78. The van der Waals surface area contributed by atoms with Gasteiger partial charge in [0.1, 0.15) is 11.3 Å². The van der Waals surface area contributed by atoms with Crippen LogP contribution in [-0.2, 0) is 0 Å². The molecular formula is C34H20N4S2. The first-order valence-corrected chi connectivity index (χ1v) is 14.8. The monoisotopic (exact) mass is 548 g/mol. The second kappa shape index (κ2) is 8.36. The van der Waals surface area contributed by atoms with Gasteiger partial charge in [-0.05, 0) is 60.7 Å². The van der Waals surface area contributed by atoms with Gasteiger partial charge in [0.2, 0.25) is 0 Å². The van der Waals surface area contributed by atoms with E-state index in [1.165, 1.54) is 40.6 Å². The number of pyridine rings is 1. The average Bonchev–Trinajstić information content (AvgIpc) is 3.75. The maximum atomic E-state index is 5.01. The van der Waals surface area contributed by atoms with Crippen molar-refractivity contribution in [3.8, 4) is 22.8 Å². The number of fused-ring (bicyclic) bond motifs is 8. The molecule has 4 aromatic carbocycles. The van der Waals surface area contributed by atoms with Crippen LogP contribution in [0.1, 0.15) is 0 Å². The molecule has 0 radical (unpaired) electrons. The van der Waals surface area contributed by atoms with Crippen molar-refractivity contribution in [3.05, 3.63) is 121 Å². The van der Waals surface area contributed by atoms with Crippen molar-refractivity contribution >= 4 is 74.4 Å². The summed E-state index contributed by atoms with van der Waals surface area (Å²) >= 11 is 3.79. The Kier molecular flexibility index (Phi) is 4.61. The first-order chi connectivity index (χ1) is 19.8. The van der Waals surface area contributed by atoms with Crippen molar-refractivity contribution in [1.82, 2.24) is 19.1 Å². The highest BCUT2D eigenvalue weighted by atomic mass is 32.1. The molecule has 5 heterocycles. The zero-order chi connectivity index (χ0) is 26.2. The van der Waals surface area contributed by atoms with Crippen LogP contribution in [0.3, 0.4) is 0 Å². The molecule has 188 valence electrons. The van der Waals surface area contributed by atoms with Crippen LogP contribution in [0.2, 0.25) is 0 Å². The van der Waals surface area contributed by atoms with Crippen LogP contribution in [0.15, 0.2) is 121 Å². The molecule has 0 atom stereocenters. The molecule has 0 aliphatic carbocycles. The van der Waals surface area contributed by atoms with E-state index in [4.69, 9.17) is 4.98 Å². The van der Waals surface area contributed by atoms with E-state index in [2.05, 4.69) is 111 Å². The molecule has 0 saturated carbocycles. The zero-order valence-electron chi connectivity index (χ0n) is 21.2.